The van der Waals surface area contributed by atoms with Gasteiger partial charge in [-0.1, -0.05) is 0 Å². The Kier molecular flexibility index (Phi) is 4.50. The number of non-ortho nitro benzene ring substituents is 1. The van der Waals surface area contributed by atoms with Crippen molar-refractivity contribution in [3.8, 4) is 0 Å². The molecule has 2 N–H and O–H groups in total. The fourth-order valence-electron chi connectivity index (χ4n) is 1.85. The lowest BCUT2D eigenvalue weighted by molar-refractivity contribution is -0.393. The Hall–Kier alpha value is -3.82. The summed E-state index contributed by atoms with van der Waals surface area (Å²) in [6.07, 6.45) is 0. The van der Waals surface area contributed by atoms with E-state index < -0.39 is 33.1 Å². The number of carbonyl (C=O) groups is 2. The van der Waals surface area contributed by atoms with Gasteiger partial charge in [-0.2, -0.15) is 0 Å². The van der Waals surface area contributed by atoms with Crippen molar-refractivity contribution < 1.29 is 24.5 Å². The van der Waals surface area contributed by atoms with Gasteiger partial charge < -0.3 is 10.4 Å². The van der Waals surface area contributed by atoms with Gasteiger partial charge in [0.05, 0.1) is 21.5 Å². The fraction of sp³-hybridized carbons (Fsp3) is 0. The number of aromatic carboxylic acids is 1. The molecule has 0 radical (unpaired) electrons. The van der Waals surface area contributed by atoms with Crippen molar-refractivity contribution in [2.45, 2.75) is 0 Å². The molecule has 0 fully saturated rings. The molecule has 0 aliphatic rings. The number of hydrogen-bond acceptors (Lipinski definition) is 6. The molecule has 10 nitrogen and oxygen atoms in total. The summed E-state index contributed by atoms with van der Waals surface area (Å²) >= 11 is 0. The minimum absolute atomic E-state index is 0.0205. The van der Waals surface area contributed by atoms with Gasteiger partial charge in [0, 0.05) is 11.6 Å². The standard InChI is InChI=1S/C14H9N3O7/c18-13(8-1-3-9(4-2-8)14(19)20)15-11-6-5-10(16(21)22)7-12(11)17(23)24/h1-7H,(H,15,18)(H,19,20). The zero-order chi connectivity index (χ0) is 17.9. The summed E-state index contributed by atoms with van der Waals surface area (Å²) < 4.78 is 0. The molecule has 0 unspecified atom stereocenters. The Morgan fingerprint density at radius 2 is 1.50 bits per heavy atom. The Morgan fingerprint density at radius 1 is 0.917 bits per heavy atom. The van der Waals surface area contributed by atoms with Crippen LogP contribution in [0.3, 0.4) is 0 Å². The van der Waals surface area contributed by atoms with Gasteiger partial charge in [-0.25, -0.2) is 4.79 Å². The molecule has 0 atom stereocenters. The summed E-state index contributed by atoms with van der Waals surface area (Å²) in [6.45, 7) is 0. The molecule has 0 heterocycles. The second-order valence-corrected chi connectivity index (χ2v) is 4.55. The number of nitro groups is 2. The van der Waals surface area contributed by atoms with Gasteiger partial charge in [0.25, 0.3) is 17.3 Å². The van der Waals surface area contributed by atoms with Crippen molar-refractivity contribution >= 4 is 28.9 Å². The largest absolute Gasteiger partial charge is 0.478 e. The first-order valence-corrected chi connectivity index (χ1v) is 6.37. The van der Waals surface area contributed by atoms with Crippen LogP contribution < -0.4 is 5.32 Å². The molecular weight excluding hydrogens is 322 g/mol. The van der Waals surface area contributed by atoms with Crippen molar-refractivity contribution in [3.05, 3.63) is 73.8 Å². The first-order chi connectivity index (χ1) is 11.3. The smallest absolute Gasteiger partial charge is 0.335 e. The van der Waals surface area contributed by atoms with Crippen LogP contribution in [0.1, 0.15) is 20.7 Å². The molecule has 0 saturated carbocycles. The van der Waals surface area contributed by atoms with Crippen molar-refractivity contribution in [1.82, 2.24) is 0 Å². The molecule has 2 aromatic carbocycles. The lowest BCUT2D eigenvalue weighted by Crippen LogP contribution is -2.13. The predicted octanol–water partition coefficient (Wildman–Crippen LogP) is 2.45. The first kappa shape index (κ1) is 16.5. The summed E-state index contributed by atoms with van der Waals surface area (Å²) in [4.78, 5) is 42.8. The fourth-order valence-corrected chi connectivity index (χ4v) is 1.85. The van der Waals surface area contributed by atoms with Gasteiger partial charge in [-0.15, -0.1) is 0 Å². The van der Waals surface area contributed by atoms with E-state index in [0.29, 0.717) is 0 Å². The predicted molar refractivity (Wildman–Crippen MR) is 81.1 cm³/mol. The van der Waals surface area contributed by atoms with Gasteiger partial charge in [0.2, 0.25) is 0 Å². The van der Waals surface area contributed by atoms with Gasteiger partial charge >= 0.3 is 5.97 Å². The number of carboxylic acid groups (broad SMARTS) is 1. The summed E-state index contributed by atoms with van der Waals surface area (Å²) in [6, 6.07) is 7.73. The number of carboxylic acids is 1. The minimum Gasteiger partial charge on any atom is -0.478 e. The minimum atomic E-state index is -1.16. The molecular formula is C14H9N3O7. The van der Waals surface area contributed by atoms with Crippen LogP contribution in [0.5, 0.6) is 0 Å². The normalized spacial score (nSPS) is 10.0. The number of amides is 1. The van der Waals surface area contributed by atoms with Gasteiger partial charge in [-0.3, -0.25) is 25.0 Å². The number of carbonyl (C=O) groups excluding carboxylic acids is 1. The third-order valence-corrected chi connectivity index (χ3v) is 3.03. The highest BCUT2D eigenvalue weighted by Crippen LogP contribution is 2.29. The Labute approximate surface area is 133 Å². The van der Waals surface area contributed by atoms with E-state index in [4.69, 9.17) is 5.11 Å². The Bertz CT molecular complexity index is 846. The molecule has 0 bridgehead atoms. The van der Waals surface area contributed by atoms with Crippen molar-refractivity contribution in [2.75, 3.05) is 5.32 Å². The van der Waals surface area contributed by atoms with Crippen LogP contribution >= 0.6 is 0 Å². The van der Waals surface area contributed by atoms with E-state index in [0.717, 1.165) is 18.2 Å². The van der Waals surface area contributed by atoms with E-state index in [-0.39, 0.29) is 16.8 Å². The molecule has 10 heteroatoms. The van der Waals surface area contributed by atoms with Gasteiger partial charge in [0.15, 0.2) is 0 Å². The van der Waals surface area contributed by atoms with E-state index >= 15 is 0 Å². The zero-order valence-corrected chi connectivity index (χ0v) is 11.8. The molecule has 0 aliphatic heterocycles. The van der Waals surface area contributed by atoms with Gasteiger partial charge in [-0.05, 0) is 30.3 Å². The molecule has 24 heavy (non-hydrogen) atoms. The van der Waals surface area contributed by atoms with E-state index in [1.165, 1.54) is 24.3 Å². The molecule has 2 rings (SSSR count). The zero-order valence-electron chi connectivity index (χ0n) is 11.8. The maximum Gasteiger partial charge on any atom is 0.335 e. The highest BCUT2D eigenvalue weighted by molar-refractivity contribution is 6.06. The lowest BCUT2D eigenvalue weighted by Gasteiger charge is -2.06. The number of nitrogens with one attached hydrogen (secondary N) is 1. The maximum absolute atomic E-state index is 12.1. The number of nitro benzene ring substituents is 2. The van der Waals surface area contributed by atoms with Crippen LogP contribution in [-0.2, 0) is 0 Å². The highest BCUT2D eigenvalue weighted by atomic mass is 16.6. The second kappa shape index (κ2) is 6.52. The van der Waals surface area contributed by atoms with Crippen molar-refractivity contribution in [2.24, 2.45) is 0 Å². The summed E-state index contributed by atoms with van der Waals surface area (Å²) in [5.74, 6) is -1.88. The highest BCUT2D eigenvalue weighted by Gasteiger charge is 2.21. The molecule has 0 saturated heterocycles. The Morgan fingerprint density at radius 3 is 2.00 bits per heavy atom. The quantitative estimate of drug-likeness (QED) is 0.630. The number of benzene rings is 2. The molecule has 1 amide bonds. The SMILES string of the molecule is O=C(O)c1ccc(C(=O)Nc2ccc([N+](=O)[O-])cc2[N+](=O)[O-])cc1. The second-order valence-electron chi connectivity index (χ2n) is 4.55. The van der Waals surface area contributed by atoms with E-state index in [1.807, 2.05) is 0 Å². The average Bonchev–Trinajstić information content (AvgIpc) is 2.54. The first-order valence-electron chi connectivity index (χ1n) is 6.37. The Balaban J connectivity index is 2.29. The number of hydrogen-bond donors (Lipinski definition) is 2. The summed E-state index contributed by atoms with van der Waals surface area (Å²) in [7, 11) is 0. The topological polar surface area (TPSA) is 153 Å². The van der Waals surface area contributed by atoms with Crippen LogP contribution in [-0.4, -0.2) is 26.8 Å². The maximum atomic E-state index is 12.1. The third kappa shape index (κ3) is 3.50. The van der Waals surface area contributed by atoms with E-state index in [9.17, 15) is 29.8 Å². The van der Waals surface area contributed by atoms with Crippen LogP contribution in [0.25, 0.3) is 0 Å². The molecule has 2 aromatic rings. The molecule has 0 aromatic heterocycles. The van der Waals surface area contributed by atoms with Crippen molar-refractivity contribution in [3.63, 3.8) is 0 Å². The van der Waals surface area contributed by atoms with Crippen LogP contribution in [0.2, 0.25) is 0 Å². The van der Waals surface area contributed by atoms with Crippen LogP contribution in [0, 0.1) is 20.2 Å². The summed E-state index contributed by atoms with van der Waals surface area (Å²) in [5.41, 5.74) is -1.26. The summed E-state index contributed by atoms with van der Waals surface area (Å²) in [5, 5.41) is 32.7. The number of rotatable bonds is 5. The average molecular weight is 331 g/mol. The van der Waals surface area contributed by atoms with E-state index in [1.54, 1.807) is 0 Å². The monoisotopic (exact) mass is 331 g/mol. The number of nitrogens with zero attached hydrogens (tertiary/aromatic N) is 2. The van der Waals surface area contributed by atoms with Gasteiger partial charge in [0.1, 0.15) is 5.69 Å². The van der Waals surface area contributed by atoms with Crippen molar-refractivity contribution in [1.29, 1.82) is 0 Å². The van der Waals surface area contributed by atoms with Crippen LogP contribution in [0.15, 0.2) is 42.5 Å². The van der Waals surface area contributed by atoms with E-state index in [2.05, 4.69) is 5.32 Å². The molecule has 122 valence electrons. The number of anilines is 1. The molecule has 0 aliphatic carbocycles. The lowest BCUT2D eigenvalue weighted by atomic mass is 10.1. The van der Waals surface area contributed by atoms with Crippen LogP contribution in [0.4, 0.5) is 17.1 Å². The third-order valence-electron chi connectivity index (χ3n) is 3.03. The molecule has 0 spiro atoms.